The minimum atomic E-state index is 0.227. The smallest absolute Gasteiger partial charge is 0.0499 e. The number of nitrogens with one attached hydrogen (secondary N) is 1. The molecular formula is C13H19NOS. The third-order valence-corrected chi connectivity index (χ3v) is 4.89. The first-order valence-electron chi connectivity index (χ1n) is 6.21. The fourth-order valence-electron chi connectivity index (χ4n) is 2.29. The lowest BCUT2D eigenvalue weighted by atomic mass is 10.1. The Bertz CT molecular complexity index is 341. The summed E-state index contributed by atoms with van der Waals surface area (Å²) in [7, 11) is 0. The van der Waals surface area contributed by atoms with Crippen molar-refractivity contribution in [1.82, 2.24) is 5.32 Å². The van der Waals surface area contributed by atoms with Crippen LogP contribution in [0.5, 0.6) is 0 Å². The molecule has 2 fully saturated rings. The van der Waals surface area contributed by atoms with Crippen molar-refractivity contribution in [2.45, 2.75) is 31.7 Å². The zero-order valence-electron chi connectivity index (χ0n) is 9.48. The molecule has 0 aromatic carbocycles. The first-order valence-corrected chi connectivity index (χ1v) is 7.09. The summed E-state index contributed by atoms with van der Waals surface area (Å²) >= 11 is 1.85. The lowest BCUT2D eigenvalue weighted by molar-refractivity contribution is 0.202. The van der Waals surface area contributed by atoms with Gasteiger partial charge < -0.3 is 10.4 Å². The van der Waals surface area contributed by atoms with Gasteiger partial charge in [0.15, 0.2) is 0 Å². The van der Waals surface area contributed by atoms with Crippen LogP contribution < -0.4 is 5.32 Å². The van der Waals surface area contributed by atoms with E-state index in [1.165, 1.54) is 30.6 Å². The Labute approximate surface area is 101 Å². The van der Waals surface area contributed by atoms with Gasteiger partial charge in [0, 0.05) is 29.5 Å². The average Bonchev–Trinajstić information content (AvgIpc) is 3.21. The first-order chi connectivity index (χ1) is 7.83. The second kappa shape index (κ2) is 4.13. The van der Waals surface area contributed by atoms with E-state index in [-0.39, 0.29) is 5.41 Å². The average molecular weight is 237 g/mol. The fourth-order valence-corrected chi connectivity index (χ4v) is 3.19. The topological polar surface area (TPSA) is 32.3 Å². The van der Waals surface area contributed by atoms with Crippen LogP contribution in [0.3, 0.4) is 0 Å². The molecule has 0 amide bonds. The molecule has 2 saturated carbocycles. The monoisotopic (exact) mass is 237 g/mol. The molecular weight excluding hydrogens is 218 g/mol. The largest absolute Gasteiger partial charge is 0.396 e. The summed E-state index contributed by atoms with van der Waals surface area (Å²) in [5, 5.41) is 15.2. The van der Waals surface area contributed by atoms with Crippen molar-refractivity contribution < 1.29 is 5.11 Å². The van der Waals surface area contributed by atoms with Gasteiger partial charge in [-0.2, -0.15) is 0 Å². The molecule has 0 aliphatic heterocycles. The zero-order valence-corrected chi connectivity index (χ0v) is 10.3. The Morgan fingerprint density at radius 3 is 2.81 bits per heavy atom. The third-order valence-electron chi connectivity index (χ3n) is 3.93. The van der Waals surface area contributed by atoms with Crippen molar-refractivity contribution in [2.24, 2.45) is 11.3 Å². The van der Waals surface area contributed by atoms with Crippen molar-refractivity contribution >= 4 is 11.3 Å². The van der Waals surface area contributed by atoms with E-state index in [2.05, 4.69) is 22.8 Å². The second-order valence-corrected chi connectivity index (χ2v) is 6.35. The Balaban J connectivity index is 1.61. The molecule has 1 heterocycles. The summed E-state index contributed by atoms with van der Waals surface area (Å²) in [5.41, 5.74) is 0.227. The fraction of sp³-hybridized carbons (Fsp3) is 0.692. The molecule has 1 unspecified atom stereocenters. The summed E-state index contributed by atoms with van der Waals surface area (Å²) in [6.45, 7) is 1.34. The van der Waals surface area contributed by atoms with Crippen LogP contribution in [0.2, 0.25) is 0 Å². The van der Waals surface area contributed by atoms with Crippen LogP contribution in [-0.2, 0) is 0 Å². The van der Waals surface area contributed by atoms with Crippen molar-refractivity contribution in [3.63, 3.8) is 0 Å². The van der Waals surface area contributed by atoms with E-state index >= 15 is 0 Å². The molecule has 2 nitrogen and oxygen atoms in total. The van der Waals surface area contributed by atoms with Crippen LogP contribution in [-0.4, -0.2) is 18.3 Å². The molecule has 88 valence electrons. The SMILES string of the molecule is OCC1(CNC(c2cccs2)C2CC2)CC1. The van der Waals surface area contributed by atoms with Gasteiger partial charge in [0.05, 0.1) is 0 Å². The molecule has 3 rings (SSSR count). The van der Waals surface area contributed by atoms with E-state index in [4.69, 9.17) is 0 Å². The van der Waals surface area contributed by atoms with Crippen LogP contribution in [0.4, 0.5) is 0 Å². The lowest BCUT2D eigenvalue weighted by Crippen LogP contribution is -2.30. The maximum atomic E-state index is 9.32. The quantitative estimate of drug-likeness (QED) is 0.797. The predicted octanol–water partition coefficient (Wildman–Crippen LogP) is 2.56. The van der Waals surface area contributed by atoms with Crippen LogP contribution >= 0.6 is 11.3 Å². The maximum Gasteiger partial charge on any atom is 0.0499 e. The number of thiophene rings is 1. The van der Waals surface area contributed by atoms with Gasteiger partial charge in [-0.3, -0.25) is 0 Å². The van der Waals surface area contributed by atoms with Crippen molar-refractivity contribution in [2.75, 3.05) is 13.2 Å². The van der Waals surface area contributed by atoms with E-state index < -0.39 is 0 Å². The van der Waals surface area contributed by atoms with Gasteiger partial charge in [0.25, 0.3) is 0 Å². The Morgan fingerprint density at radius 1 is 1.50 bits per heavy atom. The number of hydrogen-bond acceptors (Lipinski definition) is 3. The highest BCUT2D eigenvalue weighted by atomic mass is 32.1. The standard InChI is InChI=1S/C13H19NOS/c15-9-13(5-6-13)8-14-12(10-3-4-10)11-2-1-7-16-11/h1-2,7,10,12,14-15H,3-6,8-9H2. The zero-order chi connectivity index (χ0) is 11.0. The van der Waals surface area contributed by atoms with E-state index in [1.807, 2.05) is 11.3 Å². The second-order valence-electron chi connectivity index (χ2n) is 5.37. The highest BCUT2D eigenvalue weighted by Crippen LogP contribution is 2.47. The predicted molar refractivity (Wildman–Crippen MR) is 66.5 cm³/mol. The van der Waals surface area contributed by atoms with Crippen LogP contribution in [0.1, 0.15) is 36.6 Å². The summed E-state index contributed by atoms with van der Waals surface area (Å²) in [6, 6.07) is 4.92. The first kappa shape index (κ1) is 10.8. The van der Waals surface area contributed by atoms with E-state index in [9.17, 15) is 5.11 Å². The molecule has 0 radical (unpaired) electrons. The van der Waals surface area contributed by atoms with Crippen LogP contribution in [0, 0.1) is 11.3 Å². The minimum Gasteiger partial charge on any atom is -0.396 e. The number of aliphatic hydroxyl groups excluding tert-OH is 1. The molecule has 1 aromatic heterocycles. The summed E-state index contributed by atoms with van der Waals surface area (Å²) < 4.78 is 0. The Hall–Kier alpha value is -0.380. The summed E-state index contributed by atoms with van der Waals surface area (Å²) in [4.78, 5) is 1.47. The molecule has 2 N–H and O–H groups in total. The van der Waals surface area contributed by atoms with Gasteiger partial charge in [0.1, 0.15) is 0 Å². The normalized spacial score (nSPS) is 24.3. The van der Waals surface area contributed by atoms with E-state index in [0.717, 1.165) is 12.5 Å². The Morgan fingerprint density at radius 2 is 2.31 bits per heavy atom. The summed E-state index contributed by atoms with van der Waals surface area (Å²) in [5.74, 6) is 0.841. The van der Waals surface area contributed by atoms with Crippen molar-refractivity contribution in [3.05, 3.63) is 22.4 Å². The molecule has 1 atom stereocenters. The highest BCUT2D eigenvalue weighted by Gasteiger charge is 2.43. The van der Waals surface area contributed by atoms with Gasteiger partial charge in [-0.1, -0.05) is 6.07 Å². The number of aliphatic hydroxyl groups is 1. The lowest BCUT2D eigenvalue weighted by Gasteiger charge is -2.20. The molecule has 0 saturated heterocycles. The number of hydrogen-bond donors (Lipinski definition) is 2. The Kier molecular flexibility index (Phi) is 2.78. The molecule has 0 bridgehead atoms. The van der Waals surface area contributed by atoms with Crippen molar-refractivity contribution in [1.29, 1.82) is 0 Å². The minimum absolute atomic E-state index is 0.227. The van der Waals surface area contributed by atoms with Gasteiger partial charge in [-0.15, -0.1) is 11.3 Å². The number of rotatable bonds is 6. The van der Waals surface area contributed by atoms with Gasteiger partial charge >= 0.3 is 0 Å². The van der Waals surface area contributed by atoms with Gasteiger partial charge in [-0.25, -0.2) is 0 Å². The molecule has 3 heteroatoms. The highest BCUT2D eigenvalue weighted by molar-refractivity contribution is 7.10. The van der Waals surface area contributed by atoms with Crippen LogP contribution in [0.25, 0.3) is 0 Å². The van der Waals surface area contributed by atoms with Crippen molar-refractivity contribution in [3.8, 4) is 0 Å². The van der Waals surface area contributed by atoms with Crippen LogP contribution in [0.15, 0.2) is 17.5 Å². The molecule has 0 spiro atoms. The summed E-state index contributed by atoms with van der Waals surface area (Å²) in [6.07, 6.45) is 5.11. The molecule has 16 heavy (non-hydrogen) atoms. The molecule has 1 aromatic rings. The van der Waals surface area contributed by atoms with Gasteiger partial charge in [-0.05, 0) is 43.0 Å². The third kappa shape index (κ3) is 2.17. The van der Waals surface area contributed by atoms with Gasteiger partial charge in [0.2, 0.25) is 0 Å². The van der Waals surface area contributed by atoms with E-state index in [1.54, 1.807) is 0 Å². The maximum absolute atomic E-state index is 9.32. The molecule has 2 aliphatic rings. The molecule has 2 aliphatic carbocycles. The van der Waals surface area contributed by atoms with E-state index in [0.29, 0.717) is 12.6 Å².